The lowest BCUT2D eigenvalue weighted by atomic mass is 10.2. The maximum atomic E-state index is 12.2. The molecule has 8 nitrogen and oxygen atoms in total. The van der Waals surface area contributed by atoms with Crippen molar-refractivity contribution in [1.82, 2.24) is 20.0 Å². The van der Waals surface area contributed by atoms with Crippen LogP contribution in [-0.4, -0.2) is 98.6 Å². The van der Waals surface area contributed by atoms with Crippen molar-refractivity contribution >= 4 is 11.8 Å². The highest BCUT2D eigenvalue weighted by atomic mass is 16.5. The number of carbonyl (C=O) groups excluding carboxylic acids is 2. The van der Waals surface area contributed by atoms with Crippen molar-refractivity contribution in [3.8, 4) is 0 Å². The molecule has 2 aliphatic heterocycles. The van der Waals surface area contributed by atoms with E-state index in [9.17, 15) is 9.59 Å². The van der Waals surface area contributed by atoms with Crippen molar-refractivity contribution in [2.24, 2.45) is 0 Å². The van der Waals surface area contributed by atoms with E-state index in [-0.39, 0.29) is 11.8 Å². The molecule has 0 atom stereocenters. The average Bonchev–Trinajstić information content (AvgIpc) is 3.22. The Hall–Kier alpha value is -1.90. The Bertz CT molecular complexity index is 564. The second kappa shape index (κ2) is 9.70. The molecule has 0 radical (unpaired) electrons. The van der Waals surface area contributed by atoms with Gasteiger partial charge in [-0.25, -0.2) is 0 Å². The first-order valence-electron chi connectivity index (χ1n) is 9.34. The number of furan rings is 1. The third-order valence-corrected chi connectivity index (χ3v) is 4.90. The van der Waals surface area contributed by atoms with Gasteiger partial charge in [-0.05, 0) is 12.1 Å². The van der Waals surface area contributed by atoms with Gasteiger partial charge in [-0.15, -0.1) is 0 Å². The van der Waals surface area contributed by atoms with Gasteiger partial charge in [-0.1, -0.05) is 0 Å². The zero-order valence-corrected chi connectivity index (χ0v) is 15.2. The lowest BCUT2D eigenvalue weighted by Crippen LogP contribution is -2.49. The number of ether oxygens (including phenoxy) is 1. The second-order valence-electron chi connectivity index (χ2n) is 6.67. The molecule has 0 aliphatic carbocycles. The maximum absolute atomic E-state index is 12.2. The minimum absolute atomic E-state index is 0.0597. The number of hydrogen-bond donors (Lipinski definition) is 1. The normalized spacial score (nSPS) is 19.5. The van der Waals surface area contributed by atoms with E-state index < -0.39 is 0 Å². The molecule has 26 heavy (non-hydrogen) atoms. The number of piperazine rings is 1. The molecule has 2 saturated heterocycles. The topological polar surface area (TPSA) is 78.3 Å². The number of morpholine rings is 1. The molecule has 3 rings (SSSR count). The first-order valence-corrected chi connectivity index (χ1v) is 9.34. The van der Waals surface area contributed by atoms with Crippen LogP contribution < -0.4 is 5.32 Å². The van der Waals surface area contributed by atoms with Crippen molar-refractivity contribution < 1.29 is 18.7 Å². The molecule has 8 heteroatoms. The van der Waals surface area contributed by atoms with E-state index in [0.717, 1.165) is 52.5 Å². The Balaban J connectivity index is 1.27. The van der Waals surface area contributed by atoms with Crippen LogP contribution in [0, 0.1) is 0 Å². The summed E-state index contributed by atoms with van der Waals surface area (Å²) in [4.78, 5) is 30.6. The van der Waals surface area contributed by atoms with Crippen molar-refractivity contribution in [1.29, 1.82) is 0 Å². The van der Waals surface area contributed by atoms with Gasteiger partial charge in [0.1, 0.15) is 0 Å². The molecule has 0 aromatic carbocycles. The SMILES string of the molecule is O=C(CCN1CCN(C(=O)c2ccco2)CC1)NCCN1CCOCC1. The molecular weight excluding hydrogens is 336 g/mol. The fourth-order valence-electron chi connectivity index (χ4n) is 3.26. The first-order chi connectivity index (χ1) is 12.7. The number of amides is 2. The van der Waals surface area contributed by atoms with Gasteiger partial charge in [0.15, 0.2) is 5.76 Å². The van der Waals surface area contributed by atoms with Gasteiger partial charge in [0.2, 0.25) is 5.91 Å². The third-order valence-electron chi connectivity index (χ3n) is 4.90. The van der Waals surface area contributed by atoms with E-state index in [0.29, 0.717) is 31.8 Å². The molecule has 3 heterocycles. The predicted octanol–water partition coefficient (Wildman–Crippen LogP) is -0.124. The molecule has 0 unspecified atom stereocenters. The van der Waals surface area contributed by atoms with E-state index in [1.807, 2.05) is 0 Å². The Morgan fingerprint density at radius 2 is 1.73 bits per heavy atom. The molecule has 1 aromatic rings. The number of nitrogens with zero attached hydrogens (tertiary/aromatic N) is 3. The molecule has 1 N–H and O–H groups in total. The minimum atomic E-state index is -0.0597. The van der Waals surface area contributed by atoms with Crippen LogP contribution in [0.1, 0.15) is 17.0 Å². The third kappa shape index (κ3) is 5.55. The van der Waals surface area contributed by atoms with Gasteiger partial charge in [0.25, 0.3) is 5.91 Å². The molecule has 0 spiro atoms. The largest absolute Gasteiger partial charge is 0.459 e. The highest BCUT2D eigenvalue weighted by Crippen LogP contribution is 2.09. The summed E-state index contributed by atoms with van der Waals surface area (Å²) in [5.74, 6) is 0.418. The molecule has 2 aliphatic rings. The summed E-state index contributed by atoms with van der Waals surface area (Å²) in [6, 6.07) is 3.41. The fourth-order valence-corrected chi connectivity index (χ4v) is 3.26. The number of hydrogen-bond acceptors (Lipinski definition) is 6. The average molecular weight is 364 g/mol. The summed E-state index contributed by atoms with van der Waals surface area (Å²) in [5, 5.41) is 2.99. The van der Waals surface area contributed by atoms with Crippen LogP contribution in [0.3, 0.4) is 0 Å². The van der Waals surface area contributed by atoms with Crippen molar-refractivity contribution in [2.45, 2.75) is 6.42 Å². The van der Waals surface area contributed by atoms with Gasteiger partial charge in [0.05, 0.1) is 19.5 Å². The highest BCUT2D eigenvalue weighted by Gasteiger charge is 2.23. The number of nitrogens with one attached hydrogen (secondary N) is 1. The Morgan fingerprint density at radius 3 is 2.42 bits per heavy atom. The molecule has 0 saturated carbocycles. The zero-order chi connectivity index (χ0) is 18.2. The van der Waals surface area contributed by atoms with E-state index in [4.69, 9.17) is 9.15 Å². The van der Waals surface area contributed by atoms with Crippen LogP contribution in [0.2, 0.25) is 0 Å². The second-order valence-corrected chi connectivity index (χ2v) is 6.67. The van der Waals surface area contributed by atoms with E-state index in [2.05, 4.69) is 15.1 Å². The number of carbonyl (C=O) groups is 2. The molecule has 1 aromatic heterocycles. The van der Waals surface area contributed by atoms with Crippen LogP contribution in [-0.2, 0) is 9.53 Å². The van der Waals surface area contributed by atoms with Gasteiger partial charge in [-0.3, -0.25) is 19.4 Å². The Morgan fingerprint density at radius 1 is 1.00 bits per heavy atom. The quantitative estimate of drug-likeness (QED) is 0.727. The van der Waals surface area contributed by atoms with E-state index >= 15 is 0 Å². The van der Waals surface area contributed by atoms with E-state index in [1.54, 1.807) is 17.0 Å². The van der Waals surface area contributed by atoms with Crippen molar-refractivity contribution in [3.63, 3.8) is 0 Å². The predicted molar refractivity (Wildman–Crippen MR) is 95.9 cm³/mol. The summed E-state index contributed by atoms with van der Waals surface area (Å²) in [7, 11) is 0. The molecule has 2 amide bonds. The Labute approximate surface area is 154 Å². The van der Waals surface area contributed by atoms with Crippen molar-refractivity contribution in [3.05, 3.63) is 24.2 Å². The van der Waals surface area contributed by atoms with Crippen LogP contribution >= 0.6 is 0 Å². The van der Waals surface area contributed by atoms with Gasteiger partial charge in [-0.2, -0.15) is 0 Å². The summed E-state index contributed by atoms with van der Waals surface area (Å²) in [6.45, 7) is 8.63. The summed E-state index contributed by atoms with van der Waals surface area (Å²) >= 11 is 0. The maximum Gasteiger partial charge on any atom is 0.289 e. The lowest BCUT2D eigenvalue weighted by Gasteiger charge is -2.34. The molecule has 144 valence electrons. The Kier molecular flexibility index (Phi) is 7.04. The monoisotopic (exact) mass is 364 g/mol. The van der Waals surface area contributed by atoms with Crippen LogP contribution in [0.15, 0.2) is 22.8 Å². The molecule has 0 bridgehead atoms. The zero-order valence-electron chi connectivity index (χ0n) is 15.2. The van der Waals surface area contributed by atoms with Crippen LogP contribution in [0.4, 0.5) is 0 Å². The smallest absolute Gasteiger partial charge is 0.289 e. The summed E-state index contributed by atoms with van der Waals surface area (Å²) < 4.78 is 10.5. The van der Waals surface area contributed by atoms with Crippen molar-refractivity contribution in [2.75, 3.05) is 72.1 Å². The number of rotatable bonds is 7. The fraction of sp³-hybridized carbons (Fsp3) is 0.667. The van der Waals surface area contributed by atoms with Gasteiger partial charge >= 0.3 is 0 Å². The van der Waals surface area contributed by atoms with Crippen LogP contribution in [0.25, 0.3) is 0 Å². The molecular formula is C18H28N4O4. The van der Waals surface area contributed by atoms with Crippen LogP contribution in [0.5, 0.6) is 0 Å². The summed E-state index contributed by atoms with van der Waals surface area (Å²) in [6.07, 6.45) is 2.01. The van der Waals surface area contributed by atoms with Gasteiger partial charge in [0, 0.05) is 65.3 Å². The van der Waals surface area contributed by atoms with E-state index in [1.165, 1.54) is 6.26 Å². The van der Waals surface area contributed by atoms with Gasteiger partial charge < -0.3 is 19.4 Å². The standard InChI is InChI=1S/C18H28N4O4/c23-17(19-4-6-21-11-14-25-15-12-21)3-5-20-7-9-22(10-8-20)18(24)16-2-1-13-26-16/h1-2,13H,3-12,14-15H2,(H,19,23). The highest BCUT2D eigenvalue weighted by molar-refractivity contribution is 5.91. The molecule has 2 fully saturated rings. The minimum Gasteiger partial charge on any atom is -0.459 e. The lowest BCUT2D eigenvalue weighted by molar-refractivity contribution is -0.121. The first kappa shape index (κ1) is 18.9. The summed E-state index contributed by atoms with van der Waals surface area (Å²) in [5.41, 5.74) is 0.